The van der Waals surface area contributed by atoms with Gasteiger partial charge in [0, 0.05) is 6.42 Å². The second kappa shape index (κ2) is 5.15. The first-order chi connectivity index (χ1) is 7.41. The molecule has 1 rings (SSSR count). The predicted octanol–water partition coefficient (Wildman–Crippen LogP) is 3.68. The van der Waals surface area contributed by atoms with Gasteiger partial charge < -0.3 is 5.11 Å². The number of carboxylic acid groups (broad SMARTS) is 1. The van der Waals surface area contributed by atoms with Crippen LogP contribution in [-0.4, -0.2) is 11.1 Å². The third kappa shape index (κ3) is 3.69. The van der Waals surface area contributed by atoms with Crippen molar-refractivity contribution in [1.29, 1.82) is 0 Å². The minimum atomic E-state index is -0.717. The van der Waals surface area contributed by atoms with Gasteiger partial charge in [-0.1, -0.05) is 51.1 Å². The lowest BCUT2D eigenvalue weighted by molar-refractivity contribution is -0.137. The van der Waals surface area contributed by atoms with Crippen molar-refractivity contribution >= 4 is 5.97 Å². The Bertz CT molecular complexity index is 336. The Morgan fingerprint density at radius 3 is 2.25 bits per heavy atom. The van der Waals surface area contributed by atoms with Gasteiger partial charge in [-0.3, -0.25) is 4.79 Å². The number of rotatable bonds is 4. The Labute approximate surface area is 97.3 Å². The summed E-state index contributed by atoms with van der Waals surface area (Å²) >= 11 is 0. The van der Waals surface area contributed by atoms with Gasteiger partial charge in [0.25, 0.3) is 0 Å². The molecule has 0 aliphatic carbocycles. The maximum atomic E-state index is 10.7. The second-order valence-corrected chi connectivity index (χ2v) is 5.26. The van der Waals surface area contributed by atoms with Gasteiger partial charge in [0.05, 0.1) is 0 Å². The van der Waals surface area contributed by atoms with Gasteiger partial charge in [-0.25, -0.2) is 0 Å². The highest BCUT2D eigenvalue weighted by molar-refractivity contribution is 5.66. The molecule has 2 heteroatoms. The molecule has 1 N–H and O–H groups in total. The van der Waals surface area contributed by atoms with Crippen molar-refractivity contribution in [1.82, 2.24) is 0 Å². The Hall–Kier alpha value is -1.31. The molecule has 1 aromatic carbocycles. The summed E-state index contributed by atoms with van der Waals surface area (Å²) < 4.78 is 0. The molecule has 0 spiro atoms. The summed E-state index contributed by atoms with van der Waals surface area (Å²) in [6, 6.07) is 10.2. The Kier molecular flexibility index (Phi) is 4.11. The monoisotopic (exact) mass is 220 g/mol. The smallest absolute Gasteiger partial charge is 0.303 e. The number of benzene rings is 1. The summed E-state index contributed by atoms with van der Waals surface area (Å²) in [7, 11) is 0. The number of carbonyl (C=O) groups is 1. The van der Waals surface area contributed by atoms with Crippen LogP contribution in [0.4, 0.5) is 0 Å². The quantitative estimate of drug-likeness (QED) is 0.840. The molecule has 0 aliphatic rings. The predicted molar refractivity (Wildman–Crippen MR) is 65.5 cm³/mol. The molecule has 16 heavy (non-hydrogen) atoms. The molecular formula is C14H20O2. The van der Waals surface area contributed by atoms with Gasteiger partial charge in [0.1, 0.15) is 0 Å². The fourth-order valence-electron chi connectivity index (χ4n) is 2.05. The molecule has 0 fully saturated rings. The first kappa shape index (κ1) is 12.8. The summed E-state index contributed by atoms with van der Waals surface area (Å²) in [5.41, 5.74) is 1.33. The Morgan fingerprint density at radius 1 is 1.25 bits per heavy atom. The van der Waals surface area contributed by atoms with Crippen LogP contribution in [0.1, 0.15) is 45.1 Å². The van der Waals surface area contributed by atoms with Crippen LogP contribution in [0, 0.1) is 5.41 Å². The third-order valence-electron chi connectivity index (χ3n) is 2.89. The highest BCUT2D eigenvalue weighted by atomic mass is 16.4. The van der Waals surface area contributed by atoms with Crippen LogP contribution >= 0.6 is 0 Å². The Balaban J connectivity index is 2.84. The van der Waals surface area contributed by atoms with Crippen LogP contribution in [0.15, 0.2) is 30.3 Å². The molecule has 0 radical (unpaired) electrons. The average Bonchev–Trinajstić information content (AvgIpc) is 2.17. The van der Waals surface area contributed by atoms with E-state index < -0.39 is 5.97 Å². The molecule has 2 nitrogen and oxygen atoms in total. The highest BCUT2D eigenvalue weighted by Gasteiger charge is 2.26. The van der Waals surface area contributed by atoms with Gasteiger partial charge >= 0.3 is 5.97 Å². The van der Waals surface area contributed by atoms with Gasteiger partial charge in [0.15, 0.2) is 0 Å². The minimum absolute atomic E-state index is 0.0941. The van der Waals surface area contributed by atoms with Crippen LogP contribution in [0.3, 0.4) is 0 Å². The average molecular weight is 220 g/mol. The van der Waals surface area contributed by atoms with Crippen molar-refractivity contribution in [3.63, 3.8) is 0 Å². The number of carboxylic acids is 1. The second-order valence-electron chi connectivity index (χ2n) is 5.26. The molecule has 0 heterocycles. The molecular weight excluding hydrogens is 200 g/mol. The molecule has 0 bridgehead atoms. The van der Waals surface area contributed by atoms with E-state index in [9.17, 15) is 4.79 Å². The molecule has 0 aromatic heterocycles. The zero-order valence-electron chi connectivity index (χ0n) is 10.2. The number of hydrogen-bond donors (Lipinski definition) is 1. The molecule has 1 aromatic rings. The summed E-state index contributed by atoms with van der Waals surface area (Å²) in [6.45, 7) is 6.48. The Morgan fingerprint density at radius 2 is 1.81 bits per heavy atom. The third-order valence-corrected chi connectivity index (χ3v) is 2.89. The van der Waals surface area contributed by atoms with Gasteiger partial charge in [-0.15, -0.1) is 0 Å². The van der Waals surface area contributed by atoms with Crippen LogP contribution in [0.2, 0.25) is 0 Å². The molecule has 88 valence electrons. The summed E-state index contributed by atoms with van der Waals surface area (Å²) in [5, 5.41) is 8.77. The molecule has 0 saturated carbocycles. The van der Waals surface area contributed by atoms with Gasteiger partial charge in [-0.2, -0.15) is 0 Å². The van der Waals surface area contributed by atoms with E-state index in [1.807, 2.05) is 18.2 Å². The first-order valence-electron chi connectivity index (χ1n) is 5.68. The first-order valence-corrected chi connectivity index (χ1v) is 5.68. The lowest BCUT2D eigenvalue weighted by Gasteiger charge is -2.31. The SMILES string of the molecule is CC(C)(C)C(CCC(=O)O)c1ccccc1. The molecule has 0 amide bonds. The van der Waals surface area contributed by atoms with Crippen LogP contribution in [0.25, 0.3) is 0 Å². The van der Waals surface area contributed by atoms with Crippen molar-refractivity contribution in [2.75, 3.05) is 0 Å². The van der Waals surface area contributed by atoms with Crippen LogP contribution in [-0.2, 0) is 4.79 Å². The number of hydrogen-bond acceptors (Lipinski definition) is 1. The van der Waals surface area contributed by atoms with E-state index in [1.54, 1.807) is 0 Å². The fraction of sp³-hybridized carbons (Fsp3) is 0.500. The maximum Gasteiger partial charge on any atom is 0.303 e. The molecule has 0 aliphatic heterocycles. The molecule has 1 atom stereocenters. The van der Waals surface area contributed by atoms with E-state index in [2.05, 4.69) is 32.9 Å². The van der Waals surface area contributed by atoms with Crippen LogP contribution < -0.4 is 0 Å². The lowest BCUT2D eigenvalue weighted by Crippen LogP contribution is -2.19. The van der Waals surface area contributed by atoms with Crippen LogP contribution in [0.5, 0.6) is 0 Å². The van der Waals surface area contributed by atoms with Crippen molar-refractivity contribution in [2.45, 2.75) is 39.5 Å². The van der Waals surface area contributed by atoms with Crippen molar-refractivity contribution in [2.24, 2.45) is 5.41 Å². The largest absolute Gasteiger partial charge is 0.481 e. The molecule has 0 saturated heterocycles. The fourth-order valence-corrected chi connectivity index (χ4v) is 2.05. The van der Waals surface area contributed by atoms with Gasteiger partial charge in [-0.05, 0) is 23.3 Å². The zero-order valence-corrected chi connectivity index (χ0v) is 10.2. The normalized spacial score (nSPS) is 13.4. The number of aliphatic carboxylic acids is 1. The molecule has 1 unspecified atom stereocenters. The van der Waals surface area contributed by atoms with E-state index >= 15 is 0 Å². The summed E-state index contributed by atoms with van der Waals surface area (Å²) in [4.78, 5) is 10.7. The maximum absolute atomic E-state index is 10.7. The summed E-state index contributed by atoms with van der Waals surface area (Å²) in [5.74, 6) is -0.421. The van der Waals surface area contributed by atoms with E-state index in [0.717, 1.165) is 0 Å². The van der Waals surface area contributed by atoms with Crippen molar-refractivity contribution in [3.05, 3.63) is 35.9 Å². The van der Waals surface area contributed by atoms with E-state index in [0.29, 0.717) is 12.3 Å². The minimum Gasteiger partial charge on any atom is -0.481 e. The van der Waals surface area contributed by atoms with E-state index in [1.165, 1.54) is 5.56 Å². The van der Waals surface area contributed by atoms with E-state index in [-0.39, 0.29) is 11.8 Å². The highest BCUT2D eigenvalue weighted by Crippen LogP contribution is 2.38. The van der Waals surface area contributed by atoms with Gasteiger partial charge in [0.2, 0.25) is 0 Å². The standard InChI is InChI=1S/C14H20O2/c1-14(2,3)12(9-10-13(15)16)11-7-5-4-6-8-11/h4-8,12H,9-10H2,1-3H3,(H,15,16). The summed E-state index contributed by atoms with van der Waals surface area (Å²) in [6.07, 6.45) is 0.930. The van der Waals surface area contributed by atoms with Crippen molar-refractivity contribution < 1.29 is 9.90 Å². The van der Waals surface area contributed by atoms with E-state index in [4.69, 9.17) is 5.11 Å². The lowest BCUT2D eigenvalue weighted by atomic mass is 9.74. The van der Waals surface area contributed by atoms with Crippen molar-refractivity contribution in [3.8, 4) is 0 Å². The topological polar surface area (TPSA) is 37.3 Å². The zero-order chi connectivity index (χ0) is 12.2.